The van der Waals surface area contributed by atoms with E-state index in [1.165, 1.54) is 0 Å². The zero-order valence-corrected chi connectivity index (χ0v) is 10.5. The van der Waals surface area contributed by atoms with E-state index in [0.717, 1.165) is 29.2 Å². The fourth-order valence-electron chi connectivity index (χ4n) is 1.46. The third kappa shape index (κ3) is 2.60. The smallest absolute Gasteiger partial charge is 0.195 e. The highest BCUT2D eigenvalue weighted by Gasteiger charge is 2.10. The first-order chi connectivity index (χ1) is 6.70. The van der Waals surface area contributed by atoms with Crippen LogP contribution in [0.1, 0.15) is 32.1 Å². The maximum absolute atomic E-state index is 5.20. The van der Waals surface area contributed by atoms with Crippen molar-refractivity contribution in [1.82, 2.24) is 14.8 Å². The van der Waals surface area contributed by atoms with E-state index in [-0.39, 0.29) is 0 Å². The Balaban J connectivity index is 2.81. The van der Waals surface area contributed by atoms with E-state index in [1.807, 2.05) is 11.8 Å². The Morgan fingerprint density at radius 1 is 1.64 bits per heavy atom. The van der Waals surface area contributed by atoms with Crippen molar-refractivity contribution in [3.63, 3.8) is 0 Å². The van der Waals surface area contributed by atoms with Gasteiger partial charge in [0.1, 0.15) is 5.82 Å². The first-order valence-electron chi connectivity index (χ1n) is 4.85. The maximum Gasteiger partial charge on any atom is 0.195 e. The topological polar surface area (TPSA) is 33.6 Å². The van der Waals surface area contributed by atoms with Gasteiger partial charge in [0.25, 0.3) is 0 Å². The molecule has 1 aromatic heterocycles. The molecule has 0 aromatic carbocycles. The number of nitrogens with one attached hydrogen (secondary N) is 1. The summed E-state index contributed by atoms with van der Waals surface area (Å²) < 4.78 is 2.88. The van der Waals surface area contributed by atoms with Crippen LogP contribution in [0, 0.1) is 4.77 Å². The third-order valence-electron chi connectivity index (χ3n) is 2.27. The van der Waals surface area contributed by atoms with E-state index >= 15 is 0 Å². The maximum atomic E-state index is 5.20. The van der Waals surface area contributed by atoms with Crippen molar-refractivity contribution in [3.8, 4) is 0 Å². The fourth-order valence-corrected chi connectivity index (χ4v) is 2.37. The van der Waals surface area contributed by atoms with Crippen LogP contribution in [-0.2, 0) is 6.42 Å². The summed E-state index contributed by atoms with van der Waals surface area (Å²) in [6.45, 7) is 4.30. The van der Waals surface area contributed by atoms with E-state index < -0.39 is 0 Å². The Morgan fingerprint density at radius 2 is 2.36 bits per heavy atom. The molecule has 0 fully saturated rings. The van der Waals surface area contributed by atoms with Gasteiger partial charge in [-0.15, -0.1) is 0 Å². The molecule has 1 aromatic rings. The number of rotatable bonds is 5. The molecule has 1 atom stereocenters. The molecule has 0 aliphatic carbocycles. The van der Waals surface area contributed by atoms with Crippen LogP contribution in [0.5, 0.6) is 0 Å². The molecule has 5 heteroatoms. The van der Waals surface area contributed by atoms with Gasteiger partial charge in [-0.1, -0.05) is 6.92 Å². The normalized spacial score (nSPS) is 13.1. The second-order valence-corrected chi connectivity index (χ2v) is 4.67. The molecule has 0 radical (unpaired) electrons. The van der Waals surface area contributed by atoms with Crippen molar-refractivity contribution in [1.29, 1.82) is 0 Å². The number of hydrogen-bond donors (Lipinski definition) is 1. The molecule has 1 heterocycles. The van der Waals surface area contributed by atoms with Gasteiger partial charge >= 0.3 is 0 Å². The number of nitrogens with zero attached hydrogens (tertiary/aromatic N) is 2. The van der Waals surface area contributed by atoms with Gasteiger partial charge in [-0.3, -0.25) is 5.10 Å². The van der Waals surface area contributed by atoms with Crippen molar-refractivity contribution >= 4 is 24.0 Å². The highest BCUT2D eigenvalue weighted by molar-refractivity contribution is 7.98. The quantitative estimate of drug-likeness (QED) is 0.791. The predicted molar refractivity (Wildman–Crippen MR) is 64.5 cm³/mol. The highest BCUT2D eigenvalue weighted by atomic mass is 32.2. The van der Waals surface area contributed by atoms with Crippen LogP contribution in [0.2, 0.25) is 0 Å². The average molecular weight is 231 g/mol. The van der Waals surface area contributed by atoms with Crippen molar-refractivity contribution in [2.45, 2.75) is 32.7 Å². The molecular weight excluding hydrogens is 214 g/mol. The third-order valence-corrected chi connectivity index (χ3v) is 3.21. The number of thioether (sulfide) groups is 1. The summed E-state index contributed by atoms with van der Waals surface area (Å²) in [7, 11) is 0. The lowest BCUT2D eigenvalue weighted by atomic mass is 10.2. The Kier molecular flexibility index (Phi) is 4.68. The summed E-state index contributed by atoms with van der Waals surface area (Å²) in [5.74, 6) is 2.22. The number of aromatic nitrogens is 3. The van der Waals surface area contributed by atoms with Crippen molar-refractivity contribution in [3.05, 3.63) is 10.6 Å². The van der Waals surface area contributed by atoms with Crippen LogP contribution in [-0.4, -0.2) is 26.8 Å². The Labute approximate surface area is 94.3 Å². The zero-order valence-electron chi connectivity index (χ0n) is 8.91. The van der Waals surface area contributed by atoms with Crippen molar-refractivity contribution in [2.24, 2.45) is 0 Å². The summed E-state index contributed by atoms with van der Waals surface area (Å²) in [6, 6.07) is 0.448. The van der Waals surface area contributed by atoms with E-state index in [1.54, 1.807) is 0 Å². The summed E-state index contributed by atoms with van der Waals surface area (Å²) in [5.41, 5.74) is 0. The minimum absolute atomic E-state index is 0.448. The number of H-pyrrole nitrogens is 1. The molecule has 1 N–H and O–H groups in total. The van der Waals surface area contributed by atoms with Crippen LogP contribution in [0.15, 0.2) is 0 Å². The standard InChI is InChI=1S/C9H17N3S2/c1-4-8-10-11-9(13)12(8)7(2)5-6-14-3/h7H,4-6H2,1-3H3,(H,11,13). The fraction of sp³-hybridized carbons (Fsp3) is 0.778. The van der Waals surface area contributed by atoms with Gasteiger partial charge in [0.15, 0.2) is 4.77 Å². The minimum atomic E-state index is 0.448. The molecule has 80 valence electrons. The molecule has 0 aliphatic heterocycles. The molecule has 0 aliphatic rings. The first-order valence-corrected chi connectivity index (χ1v) is 6.65. The van der Waals surface area contributed by atoms with Gasteiger partial charge in [0.2, 0.25) is 0 Å². The van der Waals surface area contributed by atoms with Gasteiger partial charge in [0, 0.05) is 12.5 Å². The molecule has 0 saturated heterocycles. The molecule has 0 spiro atoms. The molecule has 3 nitrogen and oxygen atoms in total. The van der Waals surface area contributed by atoms with Gasteiger partial charge in [-0.05, 0) is 37.6 Å². The summed E-state index contributed by atoms with van der Waals surface area (Å²) in [5, 5.41) is 7.06. The van der Waals surface area contributed by atoms with E-state index in [4.69, 9.17) is 12.2 Å². The molecule has 1 unspecified atom stereocenters. The van der Waals surface area contributed by atoms with Gasteiger partial charge < -0.3 is 4.57 Å². The number of aromatic amines is 1. The van der Waals surface area contributed by atoms with Gasteiger partial charge in [0.05, 0.1) is 0 Å². The Hall–Kier alpha value is -0.290. The van der Waals surface area contributed by atoms with Crippen molar-refractivity contribution in [2.75, 3.05) is 12.0 Å². The van der Waals surface area contributed by atoms with Gasteiger partial charge in [-0.25, -0.2) is 0 Å². The molecule has 0 bridgehead atoms. The lowest BCUT2D eigenvalue weighted by molar-refractivity contribution is 0.508. The first kappa shape index (κ1) is 11.8. The number of aryl methyl sites for hydroxylation is 1. The molecule has 0 saturated carbocycles. The zero-order chi connectivity index (χ0) is 10.6. The SMILES string of the molecule is CCc1n[nH]c(=S)n1C(C)CCSC. The largest absolute Gasteiger partial charge is 0.301 e. The lowest BCUT2D eigenvalue weighted by Crippen LogP contribution is -2.10. The molecular formula is C9H17N3S2. The second-order valence-electron chi connectivity index (χ2n) is 3.30. The molecule has 1 rings (SSSR count). The monoisotopic (exact) mass is 231 g/mol. The van der Waals surface area contributed by atoms with Crippen LogP contribution in [0.3, 0.4) is 0 Å². The second kappa shape index (κ2) is 5.56. The average Bonchev–Trinajstić information content (AvgIpc) is 2.56. The van der Waals surface area contributed by atoms with E-state index in [2.05, 4.69) is 34.9 Å². The Bertz CT molecular complexity index is 329. The van der Waals surface area contributed by atoms with Crippen molar-refractivity contribution < 1.29 is 0 Å². The summed E-state index contributed by atoms with van der Waals surface area (Å²) >= 11 is 7.07. The lowest BCUT2D eigenvalue weighted by Gasteiger charge is -2.14. The number of hydrogen-bond acceptors (Lipinski definition) is 3. The summed E-state index contributed by atoms with van der Waals surface area (Å²) in [4.78, 5) is 0. The van der Waals surface area contributed by atoms with Crippen LogP contribution in [0.25, 0.3) is 0 Å². The van der Waals surface area contributed by atoms with Crippen LogP contribution < -0.4 is 0 Å². The van der Waals surface area contributed by atoms with E-state index in [0.29, 0.717) is 6.04 Å². The molecule has 0 amide bonds. The van der Waals surface area contributed by atoms with Crippen LogP contribution in [0.4, 0.5) is 0 Å². The molecule has 14 heavy (non-hydrogen) atoms. The highest BCUT2D eigenvalue weighted by Crippen LogP contribution is 2.16. The minimum Gasteiger partial charge on any atom is -0.301 e. The Morgan fingerprint density at radius 3 is 2.93 bits per heavy atom. The van der Waals surface area contributed by atoms with E-state index in [9.17, 15) is 0 Å². The summed E-state index contributed by atoms with van der Waals surface area (Å²) in [6.07, 6.45) is 4.20. The van der Waals surface area contributed by atoms with Gasteiger partial charge in [-0.2, -0.15) is 16.9 Å². The van der Waals surface area contributed by atoms with Crippen LogP contribution >= 0.6 is 24.0 Å². The predicted octanol–water partition coefficient (Wildman–Crippen LogP) is 2.82.